The highest BCUT2D eigenvalue weighted by molar-refractivity contribution is 7.49. The summed E-state index contributed by atoms with van der Waals surface area (Å²) in [5.74, 6) is 1.40. The normalized spacial score (nSPS) is 14.2. The maximum atomic E-state index is 13.2. The van der Waals surface area contributed by atoms with Gasteiger partial charge in [0.1, 0.15) is 11.5 Å². The van der Waals surface area contributed by atoms with Gasteiger partial charge < -0.3 is 13.8 Å². The summed E-state index contributed by atoms with van der Waals surface area (Å²) in [5.41, 5.74) is 1.08. The van der Waals surface area contributed by atoms with Gasteiger partial charge in [-0.15, -0.1) is 0 Å². The van der Waals surface area contributed by atoms with Gasteiger partial charge in [-0.2, -0.15) is 0 Å². The van der Waals surface area contributed by atoms with Crippen molar-refractivity contribution in [3.05, 3.63) is 60.2 Å². The van der Waals surface area contributed by atoms with Gasteiger partial charge in [-0.3, -0.25) is 4.52 Å². The average molecular weight is 420 g/mol. The Labute approximate surface area is 175 Å². The van der Waals surface area contributed by atoms with Crippen molar-refractivity contribution in [2.45, 2.75) is 46.5 Å². The predicted molar refractivity (Wildman–Crippen MR) is 117 cm³/mol. The Bertz CT molecular complexity index is 733. The van der Waals surface area contributed by atoms with Gasteiger partial charge in [0.25, 0.3) is 0 Å². The number of rotatable bonds is 14. The molecule has 0 amide bonds. The van der Waals surface area contributed by atoms with Crippen LogP contribution in [0.4, 0.5) is 0 Å². The van der Waals surface area contributed by atoms with Gasteiger partial charge in [0.15, 0.2) is 0 Å². The number of phosphoric ester groups is 1. The van der Waals surface area contributed by atoms with Gasteiger partial charge in [-0.1, -0.05) is 69.0 Å². The number of phosphoric acid groups is 1. The third-order valence-electron chi connectivity index (χ3n) is 4.57. The summed E-state index contributed by atoms with van der Waals surface area (Å²) in [6, 6.07) is 16.1. The van der Waals surface area contributed by atoms with E-state index in [1.54, 1.807) is 36.4 Å². The Morgan fingerprint density at radius 2 is 1.55 bits per heavy atom. The molecule has 29 heavy (non-hydrogen) atoms. The molecule has 0 spiro atoms. The fourth-order valence-electron chi connectivity index (χ4n) is 2.77. The van der Waals surface area contributed by atoms with E-state index in [0.29, 0.717) is 30.6 Å². The number of ether oxygens (including phenoxy) is 1. The summed E-state index contributed by atoms with van der Waals surface area (Å²) in [4.78, 5) is 0. The van der Waals surface area contributed by atoms with Gasteiger partial charge in [-0.25, -0.2) is 4.57 Å². The minimum absolute atomic E-state index is 0.125. The highest BCUT2D eigenvalue weighted by atomic mass is 31.2. The first kappa shape index (κ1) is 23.5. The highest BCUT2D eigenvalue weighted by Gasteiger charge is 2.30. The second-order valence-electron chi connectivity index (χ2n) is 7.08. The molecule has 0 heterocycles. The minimum Gasteiger partial charge on any atom is -0.395 e. The Kier molecular flexibility index (Phi) is 10.3. The molecule has 0 saturated heterocycles. The molecule has 6 heteroatoms. The monoisotopic (exact) mass is 420 g/mol. The van der Waals surface area contributed by atoms with Crippen molar-refractivity contribution in [3.8, 4) is 11.5 Å². The van der Waals surface area contributed by atoms with Crippen LogP contribution in [0.5, 0.6) is 11.5 Å². The van der Waals surface area contributed by atoms with E-state index >= 15 is 0 Å². The van der Waals surface area contributed by atoms with Gasteiger partial charge in [0.05, 0.1) is 13.2 Å². The maximum absolute atomic E-state index is 13.2. The highest BCUT2D eigenvalue weighted by Crippen LogP contribution is 2.49. The molecule has 0 fully saturated rings. The van der Waals surface area contributed by atoms with Crippen LogP contribution < -0.4 is 9.05 Å². The summed E-state index contributed by atoms with van der Waals surface area (Å²) in [6.07, 6.45) is 4.66. The lowest BCUT2D eigenvalue weighted by Gasteiger charge is -2.20. The van der Waals surface area contributed by atoms with E-state index in [4.69, 9.17) is 18.3 Å². The lowest BCUT2D eigenvalue weighted by Crippen LogP contribution is -2.14. The average Bonchev–Trinajstić information content (AvgIpc) is 2.72. The van der Waals surface area contributed by atoms with Gasteiger partial charge in [-0.05, 0) is 43.5 Å². The van der Waals surface area contributed by atoms with Crippen molar-refractivity contribution in [3.63, 3.8) is 0 Å². The largest absolute Gasteiger partial charge is 0.587 e. The fourth-order valence-corrected chi connectivity index (χ4v) is 3.97. The molecule has 0 bridgehead atoms. The second kappa shape index (κ2) is 12.7. The Balaban J connectivity index is 1.91. The number of unbranched alkanes of at least 4 members (excludes halogenated alkanes) is 1. The Morgan fingerprint density at radius 3 is 2.17 bits per heavy atom. The van der Waals surface area contributed by atoms with Crippen molar-refractivity contribution >= 4 is 7.82 Å². The SMILES string of the molecule is CCCCC(CC)COCCOP(=O)(Oc1ccccc1)Oc1ccc(C)cc1. The number of hydrogen-bond donors (Lipinski definition) is 0. The molecule has 2 aromatic carbocycles. The zero-order valence-corrected chi connectivity index (χ0v) is 18.6. The van der Waals surface area contributed by atoms with Crippen LogP contribution in [-0.4, -0.2) is 19.8 Å². The molecule has 5 nitrogen and oxygen atoms in total. The van der Waals surface area contributed by atoms with Crippen LogP contribution in [0, 0.1) is 12.8 Å². The molecule has 160 valence electrons. The Morgan fingerprint density at radius 1 is 0.897 bits per heavy atom. The maximum Gasteiger partial charge on any atom is 0.587 e. The molecule has 0 aliphatic heterocycles. The second-order valence-corrected chi connectivity index (χ2v) is 8.60. The summed E-state index contributed by atoms with van der Waals surface area (Å²) in [5, 5.41) is 0. The zero-order valence-electron chi connectivity index (χ0n) is 17.7. The summed E-state index contributed by atoms with van der Waals surface area (Å²) in [6.45, 7) is 7.49. The molecule has 0 aliphatic carbocycles. The van der Waals surface area contributed by atoms with Crippen molar-refractivity contribution in [2.24, 2.45) is 5.92 Å². The number of aryl methyl sites for hydroxylation is 1. The lowest BCUT2D eigenvalue weighted by molar-refractivity contribution is 0.0624. The standard InChI is InChI=1S/C23H33O5P/c1-4-6-10-21(5-2)19-25-17-18-26-29(24,27-22-11-8-7-9-12-22)28-23-15-13-20(3)14-16-23/h7-9,11-16,21H,4-6,10,17-19H2,1-3H3. The molecule has 0 aromatic heterocycles. The predicted octanol–water partition coefficient (Wildman–Crippen LogP) is 6.81. The smallest absolute Gasteiger partial charge is 0.395 e. The molecule has 2 rings (SSSR count). The van der Waals surface area contributed by atoms with Crippen LogP contribution in [0.15, 0.2) is 54.6 Å². The quantitative estimate of drug-likeness (QED) is 0.248. The van der Waals surface area contributed by atoms with E-state index in [0.717, 1.165) is 12.0 Å². The van der Waals surface area contributed by atoms with Gasteiger partial charge in [0.2, 0.25) is 0 Å². The van der Waals surface area contributed by atoms with Gasteiger partial charge in [0, 0.05) is 6.61 Å². The third-order valence-corrected chi connectivity index (χ3v) is 5.94. The molecule has 2 atom stereocenters. The Hall–Kier alpha value is -1.81. The van der Waals surface area contributed by atoms with E-state index in [2.05, 4.69) is 13.8 Å². The van der Waals surface area contributed by atoms with Crippen LogP contribution in [0.2, 0.25) is 0 Å². The van der Waals surface area contributed by atoms with E-state index in [1.807, 2.05) is 25.1 Å². The van der Waals surface area contributed by atoms with Crippen molar-refractivity contribution in [2.75, 3.05) is 19.8 Å². The molecule has 0 saturated carbocycles. The van der Waals surface area contributed by atoms with E-state index < -0.39 is 7.82 Å². The fraction of sp³-hybridized carbons (Fsp3) is 0.478. The van der Waals surface area contributed by atoms with Crippen molar-refractivity contribution < 1.29 is 22.9 Å². The zero-order chi connectivity index (χ0) is 21.0. The van der Waals surface area contributed by atoms with Crippen LogP contribution in [-0.2, 0) is 13.8 Å². The van der Waals surface area contributed by atoms with Crippen LogP contribution in [0.25, 0.3) is 0 Å². The molecular weight excluding hydrogens is 387 g/mol. The van der Waals surface area contributed by atoms with E-state index in [-0.39, 0.29) is 6.61 Å². The molecule has 2 aromatic rings. The lowest BCUT2D eigenvalue weighted by atomic mass is 10.0. The van der Waals surface area contributed by atoms with Crippen LogP contribution in [0.3, 0.4) is 0 Å². The topological polar surface area (TPSA) is 54.0 Å². The van der Waals surface area contributed by atoms with Crippen molar-refractivity contribution in [1.29, 1.82) is 0 Å². The van der Waals surface area contributed by atoms with Crippen molar-refractivity contribution in [1.82, 2.24) is 0 Å². The third kappa shape index (κ3) is 9.03. The molecule has 2 unspecified atom stereocenters. The number of hydrogen-bond acceptors (Lipinski definition) is 5. The first-order valence-electron chi connectivity index (χ1n) is 10.4. The number of benzene rings is 2. The molecule has 0 radical (unpaired) electrons. The van der Waals surface area contributed by atoms with E-state index in [9.17, 15) is 4.57 Å². The van der Waals surface area contributed by atoms with E-state index in [1.165, 1.54) is 19.3 Å². The summed E-state index contributed by atoms with van der Waals surface area (Å²) in [7, 11) is -3.85. The molecule has 0 aliphatic rings. The van der Waals surface area contributed by atoms with Gasteiger partial charge >= 0.3 is 7.82 Å². The summed E-state index contributed by atoms with van der Waals surface area (Å²) < 4.78 is 35.7. The number of para-hydroxylation sites is 1. The minimum atomic E-state index is -3.85. The first-order chi connectivity index (χ1) is 14.0. The molecule has 0 N–H and O–H groups in total. The van der Waals surface area contributed by atoms with Crippen LogP contribution >= 0.6 is 7.82 Å². The summed E-state index contributed by atoms with van der Waals surface area (Å²) >= 11 is 0. The molecular formula is C23H33O5P. The van der Waals surface area contributed by atoms with Crippen LogP contribution in [0.1, 0.15) is 45.1 Å². The first-order valence-corrected chi connectivity index (χ1v) is 11.8.